The summed E-state index contributed by atoms with van der Waals surface area (Å²) in [5.41, 5.74) is 2.12. The molecule has 0 bridgehead atoms. The van der Waals surface area contributed by atoms with Gasteiger partial charge in [-0.1, -0.05) is 32.0 Å². The molecule has 2 rings (SSSR count). The lowest BCUT2D eigenvalue weighted by Crippen LogP contribution is -2.43. The quantitative estimate of drug-likeness (QED) is 0.847. The van der Waals surface area contributed by atoms with Crippen molar-refractivity contribution in [1.29, 1.82) is 0 Å². The van der Waals surface area contributed by atoms with Crippen molar-refractivity contribution < 1.29 is 4.79 Å². The van der Waals surface area contributed by atoms with Gasteiger partial charge in [0.25, 0.3) is 0 Å². The van der Waals surface area contributed by atoms with Gasteiger partial charge in [0, 0.05) is 23.6 Å². The molecule has 0 amide bonds. The number of hydrogen-bond donors (Lipinski definition) is 1. The van der Waals surface area contributed by atoms with E-state index in [1.54, 1.807) is 0 Å². The van der Waals surface area contributed by atoms with E-state index < -0.39 is 0 Å². The van der Waals surface area contributed by atoms with Gasteiger partial charge in [-0.2, -0.15) is 11.8 Å². The van der Waals surface area contributed by atoms with Crippen LogP contribution in [0, 0.1) is 5.92 Å². The molecule has 1 aromatic carbocycles. The van der Waals surface area contributed by atoms with Gasteiger partial charge < -0.3 is 5.32 Å². The first-order valence-electron chi connectivity index (χ1n) is 6.61. The maximum atomic E-state index is 12.4. The first-order chi connectivity index (χ1) is 8.66. The Hall–Kier alpha value is -0.800. The fourth-order valence-corrected chi connectivity index (χ4v) is 3.19. The first kappa shape index (κ1) is 13.6. The van der Waals surface area contributed by atoms with E-state index in [2.05, 4.69) is 31.3 Å². The van der Waals surface area contributed by atoms with Crippen LogP contribution in [0.4, 0.5) is 0 Å². The third-order valence-corrected chi connectivity index (χ3v) is 4.16. The minimum absolute atomic E-state index is 0.00181. The average molecular weight is 263 g/mol. The van der Waals surface area contributed by atoms with Crippen LogP contribution in [0.25, 0.3) is 0 Å². The average Bonchev–Trinajstić information content (AvgIpc) is 2.38. The molecule has 1 aromatic rings. The summed E-state index contributed by atoms with van der Waals surface area (Å²) in [6.45, 7) is 5.34. The molecule has 0 saturated carbocycles. The van der Waals surface area contributed by atoms with Gasteiger partial charge in [-0.05, 0) is 24.0 Å². The van der Waals surface area contributed by atoms with Gasteiger partial charge in [-0.15, -0.1) is 0 Å². The molecule has 1 fully saturated rings. The third kappa shape index (κ3) is 3.59. The fraction of sp³-hybridized carbons (Fsp3) is 0.533. The molecule has 0 aromatic heterocycles. The Balaban J connectivity index is 2.09. The van der Waals surface area contributed by atoms with E-state index in [0.717, 1.165) is 30.0 Å². The van der Waals surface area contributed by atoms with E-state index in [0.29, 0.717) is 5.92 Å². The smallest absolute Gasteiger partial charge is 0.180 e. The number of rotatable bonds is 4. The van der Waals surface area contributed by atoms with Gasteiger partial charge in [-0.25, -0.2) is 0 Å². The summed E-state index contributed by atoms with van der Waals surface area (Å²) in [6, 6.07) is 8.11. The number of Topliss-reactive ketones (excluding diaryl/α,β-unsaturated/α-hetero) is 1. The zero-order valence-electron chi connectivity index (χ0n) is 11.1. The Morgan fingerprint density at radius 1 is 1.50 bits per heavy atom. The number of carbonyl (C=O) groups is 1. The highest BCUT2D eigenvalue weighted by molar-refractivity contribution is 7.99. The molecule has 1 aliphatic rings. The second-order valence-corrected chi connectivity index (χ2v) is 6.39. The van der Waals surface area contributed by atoms with Crippen LogP contribution in [-0.4, -0.2) is 29.9 Å². The fourth-order valence-electron chi connectivity index (χ4n) is 2.26. The minimum Gasteiger partial charge on any atom is -0.306 e. The van der Waals surface area contributed by atoms with Crippen LogP contribution in [0.1, 0.15) is 29.8 Å². The van der Waals surface area contributed by atoms with Crippen molar-refractivity contribution in [3.05, 3.63) is 35.4 Å². The maximum absolute atomic E-state index is 12.4. The zero-order valence-corrected chi connectivity index (χ0v) is 11.9. The van der Waals surface area contributed by atoms with E-state index in [9.17, 15) is 4.79 Å². The van der Waals surface area contributed by atoms with Crippen molar-refractivity contribution >= 4 is 17.5 Å². The highest BCUT2D eigenvalue weighted by atomic mass is 32.2. The highest BCUT2D eigenvalue weighted by Crippen LogP contribution is 2.15. The molecule has 3 heteroatoms. The molecule has 18 heavy (non-hydrogen) atoms. The normalized spacial score (nSPS) is 20.1. The predicted molar refractivity (Wildman–Crippen MR) is 78.4 cm³/mol. The summed E-state index contributed by atoms with van der Waals surface area (Å²) < 4.78 is 0. The van der Waals surface area contributed by atoms with E-state index in [-0.39, 0.29) is 11.8 Å². The van der Waals surface area contributed by atoms with Crippen LogP contribution in [0.3, 0.4) is 0 Å². The highest BCUT2D eigenvalue weighted by Gasteiger charge is 2.22. The first-order valence-corrected chi connectivity index (χ1v) is 7.76. The molecule has 0 spiro atoms. The van der Waals surface area contributed by atoms with Crippen LogP contribution in [0.5, 0.6) is 0 Å². The van der Waals surface area contributed by atoms with Crippen LogP contribution in [0.15, 0.2) is 24.3 Å². The van der Waals surface area contributed by atoms with E-state index in [4.69, 9.17) is 0 Å². The van der Waals surface area contributed by atoms with E-state index in [1.165, 1.54) is 5.56 Å². The summed E-state index contributed by atoms with van der Waals surface area (Å²) >= 11 is 1.86. The van der Waals surface area contributed by atoms with Crippen LogP contribution in [0.2, 0.25) is 0 Å². The topological polar surface area (TPSA) is 29.1 Å². The van der Waals surface area contributed by atoms with Crippen LogP contribution < -0.4 is 5.32 Å². The standard InChI is InChI=1S/C15H21NOS/c1-11(2)8-12-4-3-5-13(9-12)15(17)14-10-18-7-6-16-14/h3-5,9,11,14,16H,6-8,10H2,1-2H3. The van der Waals surface area contributed by atoms with E-state index in [1.807, 2.05) is 23.9 Å². The van der Waals surface area contributed by atoms with Gasteiger partial charge in [-0.3, -0.25) is 4.79 Å². The number of benzene rings is 1. The largest absolute Gasteiger partial charge is 0.306 e. The Kier molecular flexibility index (Phi) is 4.84. The molecular weight excluding hydrogens is 242 g/mol. The summed E-state index contributed by atoms with van der Waals surface area (Å²) in [6.07, 6.45) is 1.04. The van der Waals surface area contributed by atoms with Crippen molar-refractivity contribution in [1.82, 2.24) is 5.32 Å². The predicted octanol–water partition coefficient (Wildman–Crippen LogP) is 2.77. The lowest BCUT2D eigenvalue weighted by atomic mass is 9.98. The molecule has 1 N–H and O–H groups in total. The van der Waals surface area contributed by atoms with Crippen molar-refractivity contribution in [2.24, 2.45) is 5.92 Å². The van der Waals surface area contributed by atoms with Gasteiger partial charge in [0.1, 0.15) is 0 Å². The van der Waals surface area contributed by atoms with Crippen molar-refractivity contribution in [2.45, 2.75) is 26.3 Å². The lowest BCUT2D eigenvalue weighted by Gasteiger charge is -2.22. The van der Waals surface area contributed by atoms with E-state index >= 15 is 0 Å². The van der Waals surface area contributed by atoms with Gasteiger partial charge in [0.15, 0.2) is 5.78 Å². The molecule has 98 valence electrons. The third-order valence-electron chi connectivity index (χ3n) is 3.09. The molecular formula is C15H21NOS. The Morgan fingerprint density at radius 2 is 2.33 bits per heavy atom. The molecule has 1 atom stereocenters. The lowest BCUT2D eigenvalue weighted by molar-refractivity contribution is 0.0953. The molecule has 1 aliphatic heterocycles. The summed E-state index contributed by atoms with van der Waals surface area (Å²) in [5.74, 6) is 2.87. The van der Waals surface area contributed by atoms with Crippen molar-refractivity contribution in [3.63, 3.8) is 0 Å². The minimum atomic E-state index is -0.00181. The number of thioether (sulfide) groups is 1. The molecule has 1 unspecified atom stereocenters. The summed E-state index contributed by atoms with van der Waals surface area (Å²) in [5, 5.41) is 3.31. The molecule has 0 aliphatic carbocycles. The molecule has 0 radical (unpaired) electrons. The number of hydrogen-bond acceptors (Lipinski definition) is 3. The Morgan fingerprint density at radius 3 is 3.00 bits per heavy atom. The SMILES string of the molecule is CC(C)Cc1cccc(C(=O)C2CSCCN2)c1. The van der Waals surface area contributed by atoms with Crippen molar-refractivity contribution in [2.75, 3.05) is 18.1 Å². The van der Waals surface area contributed by atoms with Gasteiger partial charge >= 0.3 is 0 Å². The maximum Gasteiger partial charge on any atom is 0.180 e. The van der Waals surface area contributed by atoms with Crippen LogP contribution in [-0.2, 0) is 6.42 Å². The Labute approximate surface area is 114 Å². The second kappa shape index (κ2) is 6.39. The van der Waals surface area contributed by atoms with Gasteiger partial charge in [0.2, 0.25) is 0 Å². The number of nitrogens with one attached hydrogen (secondary N) is 1. The summed E-state index contributed by atoms with van der Waals surface area (Å²) in [7, 11) is 0. The molecule has 2 nitrogen and oxygen atoms in total. The van der Waals surface area contributed by atoms with Crippen LogP contribution >= 0.6 is 11.8 Å². The van der Waals surface area contributed by atoms with Crippen molar-refractivity contribution in [3.8, 4) is 0 Å². The second-order valence-electron chi connectivity index (χ2n) is 5.24. The number of ketones is 1. The zero-order chi connectivity index (χ0) is 13.0. The molecule has 1 saturated heterocycles. The Bertz CT molecular complexity index is 411. The molecule has 1 heterocycles. The monoisotopic (exact) mass is 263 g/mol. The number of carbonyl (C=O) groups excluding carboxylic acids is 1. The van der Waals surface area contributed by atoms with Gasteiger partial charge in [0.05, 0.1) is 6.04 Å². The summed E-state index contributed by atoms with van der Waals surface area (Å²) in [4.78, 5) is 12.4.